The normalized spacial score (nSPS) is 33.6. The van der Waals surface area contributed by atoms with Gasteiger partial charge in [0.25, 0.3) is 0 Å². The number of carbonyl (C=O) groups is 1. The Morgan fingerprint density at radius 3 is 2.41 bits per heavy atom. The van der Waals surface area contributed by atoms with Crippen LogP contribution in [0.25, 0.3) is 0 Å². The quantitative estimate of drug-likeness (QED) is 0.700. The summed E-state index contributed by atoms with van der Waals surface area (Å²) in [5, 5.41) is 7.20. The molecule has 4 bridgehead atoms. The third kappa shape index (κ3) is 3.78. The highest BCUT2D eigenvalue weighted by Gasteiger charge is 2.66. The molecule has 4 fully saturated rings. The van der Waals surface area contributed by atoms with E-state index in [0.29, 0.717) is 36.4 Å². The number of likely N-dealkylation sites (tertiary alicyclic amines) is 1. The zero-order valence-electron chi connectivity index (χ0n) is 19.6. The van der Waals surface area contributed by atoms with E-state index in [4.69, 9.17) is 0 Å². The van der Waals surface area contributed by atoms with E-state index in [2.05, 4.69) is 78.8 Å². The number of rotatable bonds is 7. The van der Waals surface area contributed by atoms with Crippen LogP contribution < -0.4 is 10.6 Å². The summed E-state index contributed by atoms with van der Waals surface area (Å²) in [7, 11) is 0. The average Bonchev–Trinajstić information content (AvgIpc) is 3.09. The first-order valence-corrected chi connectivity index (χ1v) is 12.4. The van der Waals surface area contributed by atoms with Crippen molar-refractivity contribution in [3.63, 3.8) is 0 Å². The molecule has 32 heavy (non-hydrogen) atoms. The molecule has 2 aromatic rings. The fraction of sp³-hybridized carbons (Fsp3) is 0.536. The topological polar surface area (TPSA) is 44.4 Å². The molecule has 1 amide bonds. The highest BCUT2D eigenvalue weighted by Crippen LogP contribution is 2.55. The second-order valence-electron chi connectivity index (χ2n) is 10.7. The molecule has 3 heterocycles. The van der Waals surface area contributed by atoms with Crippen molar-refractivity contribution in [1.29, 1.82) is 0 Å². The molecule has 0 spiro atoms. The number of nitrogens with one attached hydrogen (secondary N) is 2. The smallest absolute Gasteiger partial charge is 0.240 e. The maximum absolute atomic E-state index is 14.0. The zero-order chi connectivity index (χ0) is 22.3. The van der Waals surface area contributed by atoms with Gasteiger partial charge in [-0.05, 0) is 48.6 Å². The number of fused-ring (bicyclic) bond motifs is 1. The number of piperidine rings is 2. The molecule has 1 saturated carbocycles. The first kappa shape index (κ1) is 21.7. The third-order valence-corrected chi connectivity index (χ3v) is 8.12. The van der Waals surface area contributed by atoms with Gasteiger partial charge in [0.15, 0.2) is 0 Å². The van der Waals surface area contributed by atoms with Crippen LogP contribution >= 0.6 is 0 Å². The van der Waals surface area contributed by atoms with E-state index < -0.39 is 5.54 Å². The molecule has 4 heteroatoms. The maximum atomic E-state index is 14.0. The van der Waals surface area contributed by atoms with Crippen molar-refractivity contribution in [3.8, 4) is 0 Å². The van der Waals surface area contributed by atoms with Crippen LogP contribution in [0.4, 0.5) is 0 Å². The van der Waals surface area contributed by atoms with Crippen molar-refractivity contribution in [1.82, 2.24) is 15.5 Å². The van der Waals surface area contributed by atoms with Crippen molar-refractivity contribution in [2.75, 3.05) is 13.1 Å². The van der Waals surface area contributed by atoms with Gasteiger partial charge in [0, 0.05) is 37.6 Å². The Morgan fingerprint density at radius 1 is 1.09 bits per heavy atom. The minimum absolute atomic E-state index is 0.189. The minimum Gasteiger partial charge on any atom is -0.350 e. The van der Waals surface area contributed by atoms with Gasteiger partial charge >= 0.3 is 0 Å². The van der Waals surface area contributed by atoms with Crippen LogP contribution in [0.2, 0.25) is 0 Å². The van der Waals surface area contributed by atoms with Gasteiger partial charge < -0.3 is 10.6 Å². The number of amides is 1. The second-order valence-corrected chi connectivity index (χ2v) is 10.7. The molecule has 4 nitrogen and oxygen atoms in total. The summed E-state index contributed by atoms with van der Waals surface area (Å²) in [6, 6.07) is 21.9. The molecule has 0 radical (unpaired) electrons. The minimum atomic E-state index is -0.500. The van der Waals surface area contributed by atoms with Gasteiger partial charge in [-0.1, -0.05) is 74.5 Å². The third-order valence-electron chi connectivity index (χ3n) is 8.12. The molecule has 2 N–H and O–H groups in total. The van der Waals surface area contributed by atoms with Crippen LogP contribution in [0.3, 0.4) is 0 Å². The SMILES string of the molecule is CC(C)CN1CC2CC3(C(=O)NCc4ccccc4)NC(C)C2C1C3Cc1ccccc1. The summed E-state index contributed by atoms with van der Waals surface area (Å²) < 4.78 is 0. The van der Waals surface area contributed by atoms with E-state index in [1.54, 1.807) is 0 Å². The molecule has 6 rings (SSSR count). The molecule has 0 aromatic heterocycles. The first-order chi connectivity index (χ1) is 15.5. The molecule has 6 unspecified atom stereocenters. The van der Waals surface area contributed by atoms with Gasteiger partial charge in [-0.2, -0.15) is 0 Å². The van der Waals surface area contributed by atoms with Crippen molar-refractivity contribution >= 4 is 5.91 Å². The Hall–Kier alpha value is -2.17. The lowest BCUT2D eigenvalue weighted by Crippen LogP contribution is -2.76. The van der Waals surface area contributed by atoms with Crippen LogP contribution in [0.15, 0.2) is 60.7 Å². The molecule has 3 saturated heterocycles. The van der Waals surface area contributed by atoms with Gasteiger partial charge in [-0.15, -0.1) is 0 Å². The standard InChI is InChI=1S/C28H37N3O/c1-19(2)17-31-18-23-15-28(27(32)29-16-22-12-8-5-9-13-22)24(14-21-10-6-4-7-11-21)26(31)25(23)20(3)30-28/h4-13,19-20,23-26,30H,14-18H2,1-3H3,(H,29,32). The summed E-state index contributed by atoms with van der Waals surface area (Å²) in [5.41, 5.74) is 1.99. The lowest BCUT2D eigenvalue weighted by Gasteiger charge is -2.59. The number of carbonyl (C=O) groups excluding carboxylic acids is 1. The van der Waals surface area contributed by atoms with E-state index in [1.165, 1.54) is 5.56 Å². The van der Waals surface area contributed by atoms with Crippen LogP contribution in [0.1, 0.15) is 38.3 Å². The van der Waals surface area contributed by atoms with Crippen LogP contribution in [0, 0.1) is 23.7 Å². The molecule has 170 valence electrons. The predicted molar refractivity (Wildman–Crippen MR) is 129 cm³/mol. The summed E-state index contributed by atoms with van der Waals surface area (Å²) in [6.07, 6.45) is 1.90. The summed E-state index contributed by atoms with van der Waals surface area (Å²) in [6.45, 7) is 9.79. The van der Waals surface area contributed by atoms with E-state index in [-0.39, 0.29) is 11.8 Å². The molecule has 6 atom stereocenters. The van der Waals surface area contributed by atoms with E-state index >= 15 is 0 Å². The fourth-order valence-electron chi connectivity index (χ4n) is 7.11. The Bertz CT molecular complexity index is 930. The molecule has 3 aliphatic heterocycles. The van der Waals surface area contributed by atoms with Crippen molar-refractivity contribution < 1.29 is 4.79 Å². The fourth-order valence-corrected chi connectivity index (χ4v) is 7.11. The number of benzene rings is 2. The van der Waals surface area contributed by atoms with Gasteiger partial charge in [-0.25, -0.2) is 0 Å². The summed E-state index contributed by atoms with van der Waals surface area (Å²) in [5.74, 6) is 2.33. The summed E-state index contributed by atoms with van der Waals surface area (Å²) in [4.78, 5) is 16.7. The van der Waals surface area contributed by atoms with Gasteiger partial charge in [0.1, 0.15) is 5.54 Å². The average molecular weight is 432 g/mol. The maximum Gasteiger partial charge on any atom is 0.240 e. The lowest BCUT2D eigenvalue weighted by molar-refractivity contribution is -0.141. The van der Waals surface area contributed by atoms with Gasteiger partial charge in [0.2, 0.25) is 5.91 Å². The van der Waals surface area contributed by atoms with Gasteiger partial charge in [-0.3, -0.25) is 9.69 Å². The van der Waals surface area contributed by atoms with Crippen molar-refractivity contribution in [2.24, 2.45) is 23.7 Å². The Morgan fingerprint density at radius 2 is 1.75 bits per heavy atom. The van der Waals surface area contributed by atoms with Gasteiger partial charge in [0.05, 0.1) is 0 Å². The van der Waals surface area contributed by atoms with Crippen molar-refractivity contribution in [2.45, 2.75) is 57.8 Å². The highest BCUT2D eigenvalue weighted by atomic mass is 16.2. The second kappa shape index (κ2) is 8.64. The van der Waals surface area contributed by atoms with Crippen LogP contribution in [-0.2, 0) is 17.8 Å². The van der Waals surface area contributed by atoms with Crippen molar-refractivity contribution in [3.05, 3.63) is 71.8 Å². The number of hydrogen-bond donors (Lipinski definition) is 2. The predicted octanol–water partition coefficient (Wildman–Crippen LogP) is 3.87. The van der Waals surface area contributed by atoms with Crippen LogP contribution in [0.5, 0.6) is 0 Å². The van der Waals surface area contributed by atoms with E-state index in [1.807, 2.05) is 18.2 Å². The molecule has 4 aliphatic rings. The number of hydrogen-bond acceptors (Lipinski definition) is 3. The Balaban J connectivity index is 1.47. The molecular weight excluding hydrogens is 394 g/mol. The Labute approximate surface area is 192 Å². The number of nitrogens with zero attached hydrogens (tertiary/aromatic N) is 1. The van der Waals surface area contributed by atoms with Crippen LogP contribution in [-0.4, -0.2) is 41.5 Å². The lowest BCUT2D eigenvalue weighted by atomic mass is 9.56. The summed E-state index contributed by atoms with van der Waals surface area (Å²) >= 11 is 0. The molecule has 1 aliphatic carbocycles. The highest BCUT2D eigenvalue weighted by molar-refractivity contribution is 5.87. The largest absolute Gasteiger partial charge is 0.350 e. The molecular formula is C28H37N3O. The zero-order valence-corrected chi connectivity index (χ0v) is 19.6. The monoisotopic (exact) mass is 431 g/mol. The van der Waals surface area contributed by atoms with E-state index in [9.17, 15) is 4.79 Å². The van der Waals surface area contributed by atoms with E-state index in [0.717, 1.165) is 31.5 Å². The first-order valence-electron chi connectivity index (χ1n) is 12.4. The molecule has 2 aromatic carbocycles. The Kier molecular flexibility index (Phi) is 5.85.